The molecule has 0 unspecified atom stereocenters. The predicted octanol–water partition coefficient (Wildman–Crippen LogP) is 2.99. The van der Waals surface area contributed by atoms with Crippen LogP contribution in [0, 0.1) is 0 Å². The lowest BCUT2D eigenvalue weighted by atomic mass is 9.93. The van der Waals surface area contributed by atoms with Crippen LogP contribution in [0.5, 0.6) is 28.7 Å². The zero-order valence-electron chi connectivity index (χ0n) is 18.6. The van der Waals surface area contributed by atoms with Crippen LogP contribution in [0.2, 0.25) is 0 Å². The van der Waals surface area contributed by atoms with E-state index in [0.717, 1.165) is 5.56 Å². The van der Waals surface area contributed by atoms with Gasteiger partial charge in [-0.05, 0) is 35.4 Å². The number of hydrogen-bond donors (Lipinski definition) is 5. The minimum Gasteiger partial charge on any atom is -0.508 e. The largest absolute Gasteiger partial charge is 0.508 e. The molecule has 1 aliphatic heterocycles. The van der Waals surface area contributed by atoms with E-state index in [2.05, 4.69) is 10.3 Å². The summed E-state index contributed by atoms with van der Waals surface area (Å²) in [5.74, 6) is -0.472. The molecule has 180 valence electrons. The molecule has 5 rings (SSSR count). The van der Waals surface area contributed by atoms with Crippen molar-refractivity contribution in [1.82, 2.24) is 15.0 Å². The van der Waals surface area contributed by atoms with Gasteiger partial charge >= 0.3 is 0 Å². The molecule has 10 heteroatoms. The Morgan fingerprint density at radius 1 is 1.00 bits per heavy atom. The monoisotopic (exact) mass is 476 g/mol. The molecule has 0 aliphatic carbocycles. The van der Waals surface area contributed by atoms with E-state index in [1.807, 2.05) is 24.3 Å². The molecule has 0 bridgehead atoms. The van der Waals surface area contributed by atoms with E-state index in [-0.39, 0.29) is 36.0 Å². The standard InChI is InChI=1S/C25H24N4O6/c26-16-3-1-2-14(6-16)11-29-12-17(27-28-29)13-34-24-10-19-21(32)8-18(30)9-23(19)35-25(24)15-4-5-20(31)22(33)7-15/h1-9,12,24-25,30-33H,10-11,13,26H2/t24-,25+/m0/s1. The van der Waals surface area contributed by atoms with Crippen molar-refractivity contribution in [3.8, 4) is 28.7 Å². The Kier molecular flexibility index (Phi) is 5.79. The second-order valence-electron chi connectivity index (χ2n) is 8.43. The van der Waals surface area contributed by atoms with Crippen LogP contribution in [-0.2, 0) is 24.3 Å². The SMILES string of the molecule is Nc1cccc(Cn2cc(CO[C@H]3Cc4c(O)cc(O)cc4O[C@@H]3c3ccc(O)c(O)c3)nn2)c1. The minimum absolute atomic E-state index is 0.103. The van der Waals surface area contributed by atoms with Gasteiger partial charge in [0.1, 0.15) is 29.0 Å². The summed E-state index contributed by atoms with van der Waals surface area (Å²) < 4.78 is 13.9. The number of rotatable bonds is 6. The quantitative estimate of drug-likeness (QED) is 0.208. The van der Waals surface area contributed by atoms with Crippen molar-refractivity contribution in [3.63, 3.8) is 0 Å². The number of nitrogen functional groups attached to an aromatic ring is 1. The maximum atomic E-state index is 10.3. The highest BCUT2D eigenvalue weighted by Crippen LogP contribution is 2.43. The Bertz CT molecular complexity index is 1370. The molecule has 2 heterocycles. The lowest BCUT2D eigenvalue weighted by Crippen LogP contribution is -2.33. The second kappa shape index (κ2) is 9.07. The third-order valence-corrected chi connectivity index (χ3v) is 5.82. The summed E-state index contributed by atoms with van der Waals surface area (Å²) in [5.41, 5.74) is 9.16. The number of aromatic hydroxyl groups is 4. The van der Waals surface area contributed by atoms with Crippen LogP contribution < -0.4 is 10.5 Å². The average Bonchev–Trinajstić information content (AvgIpc) is 3.26. The Balaban J connectivity index is 1.36. The van der Waals surface area contributed by atoms with E-state index in [1.165, 1.54) is 24.3 Å². The van der Waals surface area contributed by atoms with Crippen molar-refractivity contribution >= 4 is 5.69 Å². The van der Waals surface area contributed by atoms with Gasteiger partial charge in [0, 0.05) is 29.8 Å². The first kappa shape index (κ1) is 22.4. The number of phenols is 4. The maximum Gasteiger partial charge on any atom is 0.157 e. The Morgan fingerprint density at radius 2 is 1.86 bits per heavy atom. The molecule has 0 amide bonds. The van der Waals surface area contributed by atoms with Gasteiger partial charge in [0.15, 0.2) is 17.6 Å². The third-order valence-electron chi connectivity index (χ3n) is 5.82. The summed E-state index contributed by atoms with van der Waals surface area (Å²) in [7, 11) is 0. The fourth-order valence-electron chi connectivity index (χ4n) is 4.15. The highest BCUT2D eigenvalue weighted by atomic mass is 16.5. The van der Waals surface area contributed by atoms with Crippen molar-refractivity contribution in [3.05, 3.63) is 83.2 Å². The highest BCUT2D eigenvalue weighted by Gasteiger charge is 2.34. The van der Waals surface area contributed by atoms with E-state index in [0.29, 0.717) is 34.8 Å². The molecule has 2 atom stereocenters. The van der Waals surface area contributed by atoms with E-state index in [4.69, 9.17) is 15.2 Å². The van der Waals surface area contributed by atoms with E-state index >= 15 is 0 Å². The van der Waals surface area contributed by atoms with Crippen LogP contribution >= 0.6 is 0 Å². The number of fused-ring (bicyclic) bond motifs is 1. The molecule has 1 aromatic heterocycles. The smallest absolute Gasteiger partial charge is 0.157 e. The van der Waals surface area contributed by atoms with Gasteiger partial charge in [0.2, 0.25) is 0 Å². The van der Waals surface area contributed by atoms with Crippen LogP contribution in [0.3, 0.4) is 0 Å². The lowest BCUT2D eigenvalue weighted by Gasteiger charge is -2.34. The van der Waals surface area contributed by atoms with E-state index in [9.17, 15) is 20.4 Å². The van der Waals surface area contributed by atoms with Crippen molar-refractivity contribution in [2.24, 2.45) is 0 Å². The van der Waals surface area contributed by atoms with Crippen LogP contribution in [0.25, 0.3) is 0 Å². The number of benzene rings is 3. The Hall–Kier alpha value is -4.44. The van der Waals surface area contributed by atoms with Gasteiger partial charge in [0.25, 0.3) is 0 Å². The molecule has 35 heavy (non-hydrogen) atoms. The van der Waals surface area contributed by atoms with Crippen molar-refractivity contribution in [1.29, 1.82) is 0 Å². The molecule has 4 aromatic rings. The number of phenolic OH excluding ortho intramolecular Hbond substituents is 4. The molecule has 0 spiro atoms. The summed E-state index contributed by atoms with van der Waals surface area (Å²) in [5, 5.41) is 48.2. The Labute approximate surface area is 200 Å². The number of anilines is 1. The third kappa shape index (κ3) is 4.78. The van der Waals surface area contributed by atoms with Gasteiger partial charge < -0.3 is 35.6 Å². The topological polar surface area (TPSA) is 156 Å². The summed E-state index contributed by atoms with van der Waals surface area (Å²) >= 11 is 0. The number of aromatic nitrogens is 3. The first-order valence-electron chi connectivity index (χ1n) is 10.9. The van der Waals surface area contributed by atoms with Crippen LogP contribution in [-0.4, -0.2) is 41.5 Å². The molecular weight excluding hydrogens is 452 g/mol. The molecule has 6 N–H and O–H groups in total. The normalized spacial score (nSPS) is 17.0. The first-order valence-corrected chi connectivity index (χ1v) is 10.9. The van der Waals surface area contributed by atoms with Crippen LogP contribution in [0.15, 0.2) is 60.8 Å². The molecule has 1 aliphatic rings. The van der Waals surface area contributed by atoms with Gasteiger partial charge in [-0.2, -0.15) is 0 Å². The minimum atomic E-state index is -0.683. The van der Waals surface area contributed by atoms with Crippen LogP contribution in [0.1, 0.15) is 28.5 Å². The van der Waals surface area contributed by atoms with Crippen molar-refractivity contribution in [2.45, 2.75) is 31.8 Å². The molecular formula is C25H24N4O6. The summed E-state index contributed by atoms with van der Waals surface area (Å²) in [6.45, 7) is 0.629. The molecule has 0 fully saturated rings. The van der Waals surface area contributed by atoms with Gasteiger partial charge in [-0.1, -0.05) is 23.4 Å². The fraction of sp³-hybridized carbons (Fsp3) is 0.200. The fourth-order valence-corrected chi connectivity index (χ4v) is 4.15. The van der Waals surface area contributed by atoms with Gasteiger partial charge in [-0.3, -0.25) is 0 Å². The first-order chi connectivity index (χ1) is 16.9. The lowest BCUT2D eigenvalue weighted by molar-refractivity contribution is -0.0476. The molecule has 0 saturated carbocycles. The zero-order valence-corrected chi connectivity index (χ0v) is 18.6. The van der Waals surface area contributed by atoms with E-state index < -0.39 is 12.2 Å². The van der Waals surface area contributed by atoms with E-state index in [1.54, 1.807) is 16.9 Å². The average molecular weight is 476 g/mol. The molecule has 0 saturated heterocycles. The predicted molar refractivity (Wildman–Crippen MR) is 125 cm³/mol. The summed E-state index contributed by atoms with van der Waals surface area (Å²) in [4.78, 5) is 0. The number of nitrogens with zero attached hydrogens (tertiary/aromatic N) is 3. The van der Waals surface area contributed by atoms with Crippen molar-refractivity contribution in [2.75, 3.05) is 5.73 Å². The molecule has 0 radical (unpaired) electrons. The zero-order chi connectivity index (χ0) is 24.5. The molecule has 3 aromatic carbocycles. The summed E-state index contributed by atoms with van der Waals surface area (Å²) in [6.07, 6.45) is 0.807. The highest BCUT2D eigenvalue weighted by molar-refractivity contribution is 5.52. The molecule has 10 nitrogen and oxygen atoms in total. The number of hydrogen-bond acceptors (Lipinski definition) is 9. The number of nitrogens with two attached hydrogens (primary N) is 1. The van der Waals surface area contributed by atoms with Gasteiger partial charge in [0.05, 0.1) is 19.3 Å². The van der Waals surface area contributed by atoms with Gasteiger partial charge in [-0.15, -0.1) is 5.10 Å². The number of ether oxygens (including phenoxy) is 2. The Morgan fingerprint density at radius 3 is 2.66 bits per heavy atom. The summed E-state index contributed by atoms with van der Waals surface area (Å²) in [6, 6.07) is 14.6. The van der Waals surface area contributed by atoms with Crippen molar-refractivity contribution < 1.29 is 29.9 Å². The maximum absolute atomic E-state index is 10.3. The second-order valence-corrected chi connectivity index (χ2v) is 8.43. The van der Waals surface area contributed by atoms with Crippen LogP contribution in [0.4, 0.5) is 5.69 Å². The van der Waals surface area contributed by atoms with Gasteiger partial charge in [-0.25, -0.2) is 4.68 Å².